The average Bonchev–Trinajstić information content (AvgIpc) is 2.15. The van der Waals surface area contributed by atoms with Crippen molar-refractivity contribution in [1.82, 2.24) is 10.2 Å². The smallest absolute Gasteiger partial charge is 0.320 e. The van der Waals surface area contributed by atoms with Crippen LogP contribution in [-0.4, -0.2) is 55.9 Å². The molecule has 0 saturated heterocycles. The van der Waals surface area contributed by atoms with E-state index in [9.17, 15) is 9.59 Å². The van der Waals surface area contributed by atoms with Gasteiger partial charge in [0.25, 0.3) is 0 Å². The van der Waals surface area contributed by atoms with Crippen molar-refractivity contribution in [2.75, 3.05) is 34.3 Å². The van der Waals surface area contributed by atoms with E-state index >= 15 is 0 Å². The molecular weight excluding hydrogens is 252 g/mol. The Balaban J connectivity index is 3.64. The zero-order chi connectivity index (χ0) is 11.1. The number of likely N-dealkylation sites (N-methyl/N-ethyl adjacent to an activating group) is 1. The second-order valence-electron chi connectivity index (χ2n) is 2.91. The van der Waals surface area contributed by atoms with Crippen LogP contribution in [0, 0.1) is 0 Å². The van der Waals surface area contributed by atoms with Gasteiger partial charge in [0.15, 0.2) is 0 Å². The minimum Gasteiger partial charge on any atom is -0.468 e. The van der Waals surface area contributed by atoms with E-state index in [2.05, 4.69) is 26.0 Å². The number of nitrogens with one attached hydrogen (secondary N) is 1. The lowest BCUT2D eigenvalue weighted by molar-refractivity contribution is -0.139. The van der Waals surface area contributed by atoms with Crippen molar-refractivity contribution in [3.05, 3.63) is 0 Å². The largest absolute Gasteiger partial charge is 0.468 e. The number of hydrogen-bond donors (Lipinski definition) is 1. The van der Waals surface area contributed by atoms with Crippen LogP contribution in [0.3, 0.4) is 0 Å². The molecule has 0 aliphatic carbocycles. The fraction of sp³-hybridized carbons (Fsp3) is 0.750. The minimum absolute atomic E-state index is 0.0328. The summed E-state index contributed by atoms with van der Waals surface area (Å²) in [5.74, 6) is -0.385. The van der Waals surface area contributed by atoms with Gasteiger partial charge in [-0.15, -0.1) is 0 Å². The molecule has 1 unspecified atom stereocenters. The highest BCUT2D eigenvalue weighted by atomic mass is 79.9. The van der Waals surface area contributed by atoms with Crippen LogP contribution in [0.25, 0.3) is 0 Å². The molecule has 0 fully saturated rings. The molecule has 0 aromatic rings. The SMILES string of the molecule is COC(=O)C(Br)CNCC(=O)N(C)C. The van der Waals surface area contributed by atoms with E-state index in [1.807, 2.05) is 0 Å². The van der Waals surface area contributed by atoms with E-state index in [0.29, 0.717) is 6.54 Å². The zero-order valence-corrected chi connectivity index (χ0v) is 10.1. The maximum Gasteiger partial charge on any atom is 0.320 e. The molecule has 5 nitrogen and oxygen atoms in total. The number of carbonyl (C=O) groups is 2. The Bertz CT molecular complexity index is 209. The molecule has 1 amide bonds. The summed E-state index contributed by atoms with van der Waals surface area (Å²) in [6, 6.07) is 0. The number of hydrogen-bond acceptors (Lipinski definition) is 4. The first-order chi connectivity index (χ1) is 6.49. The quantitative estimate of drug-likeness (QED) is 0.544. The fourth-order valence-electron chi connectivity index (χ4n) is 0.675. The van der Waals surface area contributed by atoms with E-state index in [-0.39, 0.29) is 18.4 Å². The molecule has 0 radical (unpaired) electrons. The summed E-state index contributed by atoms with van der Waals surface area (Å²) in [5.41, 5.74) is 0. The van der Waals surface area contributed by atoms with Crippen LogP contribution < -0.4 is 5.32 Å². The van der Waals surface area contributed by atoms with Gasteiger partial charge in [0.2, 0.25) is 5.91 Å². The maximum atomic E-state index is 11.1. The lowest BCUT2D eigenvalue weighted by Crippen LogP contribution is -2.37. The van der Waals surface area contributed by atoms with Crippen molar-refractivity contribution in [3.63, 3.8) is 0 Å². The Kier molecular flexibility index (Phi) is 6.48. The third-order valence-electron chi connectivity index (χ3n) is 1.56. The van der Waals surface area contributed by atoms with Gasteiger partial charge in [0, 0.05) is 20.6 Å². The number of halogens is 1. The molecule has 0 aliphatic heterocycles. The Morgan fingerprint density at radius 2 is 2.07 bits per heavy atom. The van der Waals surface area contributed by atoms with Crippen molar-refractivity contribution in [3.8, 4) is 0 Å². The van der Waals surface area contributed by atoms with E-state index in [1.54, 1.807) is 14.1 Å². The first-order valence-corrected chi connectivity index (χ1v) is 5.03. The van der Waals surface area contributed by atoms with Gasteiger partial charge in [-0.2, -0.15) is 0 Å². The van der Waals surface area contributed by atoms with Crippen molar-refractivity contribution in [2.24, 2.45) is 0 Å². The van der Waals surface area contributed by atoms with Gasteiger partial charge in [0.05, 0.1) is 13.7 Å². The molecule has 0 aromatic heterocycles. The standard InChI is InChI=1S/C8H15BrN2O3/c1-11(2)7(12)5-10-4-6(9)8(13)14-3/h6,10H,4-5H2,1-3H3. The second-order valence-corrected chi connectivity index (χ2v) is 4.02. The summed E-state index contributed by atoms with van der Waals surface area (Å²) in [4.78, 5) is 23.1. The molecule has 14 heavy (non-hydrogen) atoms. The summed E-state index contributed by atoms with van der Waals surface area (Å²) < 4.78 is 4.50. The molecule has 6 heteroatoms. The Morgan fingerprint density at radius 3 is 2.50 bits per heavy atom. The molecule has 0 spiro atoms. The van der Waals surface area contributed by atoms with Crippen LogP contribution in [-0.2, 0) is 14.3 Å². The van der Waals surface area contributed by atoms with Crippen molar-refractivity contribution in [2.45, 2.75) is 4.83 Å². The topological polar surface area (TPSA) is 58.6 Å². The highest BCUT2D eigenvalue weighted by molar-refractivity contribution is 9.10. The third-order valence-corrected chi connectivity index (χ3v) is 2.25. The molecular formula is C8H15BrN2O3. The summed E-state index contributed by atoms with van der Waals surface area (Å²) in [5, 5.41) is 2.84. The molecule has 0 aromatic carbocycles. The zero-order valence-electron chi connectivity index (χ0n) is 8.54. The number of ether oxygens (including phenoxy) is 1. The molecule has 0 aliphatic rings. The predicted octanol–water partition coefficient (Wildman–Crippen LogP) is -0.399. The van der Waals surface area contributed by atoms with Crippen LogP contribution in [0.5, 0.6) is 0 Å². The summed E-state index contributed by atoms with van der Waals surface area (Å²) >= 11 is 3.13. The Labute approximate surface area is 91.9 Å². The lowest BCUT2D eigenvalue weighted by atomic mass is 10.4. The van der Waals surface area contributed by atoms with Gasteiger partial charge in [-0.1, -0.05) is 15.9 Å². The maximum absolute atomic E-state index is 11.1. The summed E-state index contributed by atoms with van der Waals surface area (Å²) in [7, 11) is 4.67. The number of rotatable bonds is 5. The number of nitrogens with zero attached hydrogens (tertiary/aromatic N) is 1. The number of carbonyl (C=O) groups excluding carboxylic acids is 2. The van der Waals surface area contributed by atoms with Crippen molar-refractivity contribution in [1.29, 1.82) is 0 Å². The van der Waals surface area contributed by atoms with Crippen LogP contribution >= 0.6 is 15.9 Å². The van der Waals surface area contributed by atoms with Gasteiger partial charge in [0.1, 0.15) is 4.83 Å². The van der Waals surface area contributed by atoms with Gasteiger partial charge in [-0.25, -0.2) is 0 Å². The van der Waals surface area contributed by atoms with Crippen LogP contribution in [0.15, 0.2) is 0 Å². The Morgan fingerprint density at radius 1 is 1.50 bits per heavy atom. The molecule has 0 bridgehead atoms. The van der Waals surface area contributed by atoms with Crippen LogP contribution in [0.1, 0.15) is 0 Å². The molecule has 0 heterocycles. The number of esters is 1. The molecule has 0 saturated carbocycles. The second kappa shape index (κ2) is 6.78. The summed E-state index contributed by atoms with van der Waals surface area (Å²) in [6.07, 6.45) is 0. The van der Waals surface area contributed by atoms with Crippen LogP contribution in [0.2, 0.25) is 0 Å². The van der Waals surface area contributed by atoms with Gasteiger partial charge in [-0.3, -0.25) is 9.59 Å². The monoisotopic (exact) mass is 266 g/mol. The fourth-order valence-corrected chi connectivity index (χ4v) is 1.09. The highest BCUT2D eigenvalue weighted by Gasteiger charge is 2.14. The predicted molar refractivity (Wildman–Crippen MR) is 56.3 cm³/mol. The Hall–Kier alpha value is -0.620. The third kappa shape index (κ3) is 5.18. The molecule has 0 rings (SSSR count). The molecule has 82 valence electrons. The minimum atomic E-state index is -0.414. The van der Waals surface area contributed by atoms with E-state index < -0.39 is 4.83 Å². The first-order valence-electron chi connectivity index (χ1n) is 4.11. The number of alkyl halides is 1. The average molecular weight is 267 g/mol. The normalized spacial score (nSPS) is 12.0. The van der Waals surface area contributed by atoms with Crippen molar-refractivity contribution < 1.29 is 14.3 Å². The van der Waals surface area contributed by atoms with E-state index in [1.165, 1.54) is 12.0 Å². The van der Waals surface area contributed by atoms with Gasteiger partial charge < -0.3 is 15.0 Å². The van der Waals surface area contributed by atoms with E-state index in [0.717, 1.165) is 0 Å². The van der Waals surface area contributed by atoms with Crippen molar-refractivity contribution >= 4 is 27.8 Å². The van der Waals surface area contributed by atoms with Crippen LogP contribution in [0.4, 0.5) is 0 Å². The molecule has 1 N–H and O–H groups in total. The van der Waals surface area contributed by atoms with Gasteiger partial charge >= 0.3 is 5.97 Å². The lowest BCUT2D eigenvalue weighted by Gasteiger charge is -2.12. The number of methoxy groups -OCH3 is 1. The van der Waals surface area contributed by atoms with E-state index in [4.69, 9.17) is 0 Å². The van der Waals surface area contributed by atoms with Gasteiger partial charge in [-0.05, 0) is 0 Å². The summed E-state index contributed by atoms with van der Waals surface area (Å²) in [6.45, 7) is 0.582. The highest BCUT2D eigenvalue weighted by Crippen LogP contribution is 1.99. The number of amides is 1. The molecule has 1 atom stereocenters. The first kappa shape index (κ1) is 13.4.